The Labute approximate surface area is 101 Å². The molecule has 0 aromatic carbocycles. The Balaban J connectivity index is 2.80. The fraction of sp³-hybridized carbons (Fsp3) is 1.00. The van der Waals surface area contributed by atoms with E-state index in [2.05, 4.69) is 46.2 Å². The van der Waals surface area contributed by atoms with E-state index in [1.807, 2.05) is 0 Å². The van der Waals surface area contributed by atoms with Crippen molar-refractivity contribution >= 4 is 8.53 Å². The molecule has 0 atom stereocenters. The molecule has 96 valence electrons. The van der Waals surface area contributed by atoms with Crippen LogP contribution in [0.1, 0.15) is 54.4 Å². The van der Waals surface area contributed by atoms with E-state index in [4.69, 9.17) is 9.05 Å². The van der Waals surface area contributed by atoms with Gasteiger partial charge in [-0.05, 0) is 40.5 Å². The summed E-state index contributed by atoms with van der Waals surface area (Å²) in [5.74, 6) is 0. The lowest BCUT2D eigenvalue weighted by molar-refractivity contribution is 0.0829. The molecule has 0 radical (unpaired) electrons. The smallest absolute Gasteiger partial charge is 0.259 e. The van der Waals surface area contributed by atoms with E-state index >= 15 is 0 Å². The summed E-state index contributed by atoms with van der Waals surface area (Å²) in [6, 6.07) is 0. The molecule has 0 aliphatic carbocycles. The van der Waals surface area contributed by atoms with Crippen molar-refractivity contribution in [3.8, 4) is 0 Å². The van der Waals surface area contributed by atoms with Crippen LogP contribution in [-0.2, 0) is 9.05 Å². The largest absolute Gasteiger partial charge is 0.316 e. The Morgan fingerprint density at radius 1 is 0.938 bits per heavy atom. The highest BCUT2D eigenvalue weighted by atomic mass is 31.2. The lowest BCUT2D eigenvalue weighted by Crippen LogP contribution is -2.27. The molecule has 4 heteroatoms. The van der Waals surface area contributed by atoms with Crippen molar-refractivity contribution in [2.45, 2.75) is 65.6 Å². The Bertz CT molecular complexity index is 209. The first-order valence-electron chi connectivity index (χ1n) is 6.23. The molecule has 0 amide bonds. The van der Waals surface area contributed by atoms with Crippen LogP contribution in [0.4, 0.5) is 0 Å². The third kappa shape index (κ3) is 3.96. The average molecular weight is 247 g/mol. The first-order valence-corrected chi connectivity index (χ1v) is 7.36. The van der Waals surface area contributed by atoms with Crippen LogP contribution in [0.2, 0.25) is 0 Å². The van der Waals surface area contributed by atoms with Crippen LogP contribution < -0.4 is 0 Å². The number of nitrogens with zero attached hydrogens (tertiary/aromatic N) is 1. The van der Waals surface area contributed by atoms with Crippen molar-refractivity contribution in [3.05, 3.63) is 0 Å². The van der Waals surface area contributed by atoms with Gasteiger partial charge in [-0.25, -0.2) is 4.67 Å². The van der Waals surface area contributed by atoms with E-state index < -0.39 is 8.53 Å². The summed E-state index contributed by atoms with van der Waals surface area (Å²) in [5.41, 5.74) is -0.135. The van der Waals surface area contributed by atoms with Crippen molar-refractivity contribution in [3.63, 3.8) is 0 Å². The SMILES string of the molecule is CCN(CC)P1OC(C)(C)CCC(C)(C)O1. The van der Waals surface area contributed by atoms with Crippen LogP contribution in [0.15, 0.2) is 0 Å². The van der Waals surface area contributed by atoms with Gasteiger partial charge in [-0.15, -0.1) is 0 Å². The molecule has 0 spiro atoms. The zero-order valence-corrected chi connectivity index (χ0v) is 12.4. The van der Waals surface area contributed by atoms with Gasteiger partial charge in [-0.2, -0.15) is 0 Å². The summed E-state index contributed by atoms with van der Waals surface area (Å²) < 4.78 is 14.6. The molecular weight excluding hydrogens is 221 g/mol. The van der Waals surface area contributed by atoms with Gasteiger partial charge in [-0.3, -0.25) is 0 Å². The zero-order chi connectivity index (χ0) is 12.4. The third-order valence-electron chi connectivity index (χ3n) is 2.94. The van der Waals surface area contributed by atoms with E-state index in [9.17, 15) is 0 Å². The second-order valence-corrected chi connectivity index (χ2v) is 6.99. The van der Waals surface area contributed by atoms with Crippen molar-refractivity contribution in [2.75, 3.05) is 13.1 Å². The number of rotatable bonds is 3. The highest BCUT2D eigenvalue weighted by Crippen LogP contribution is 2.53. The molecule has 0 bridgehead atoms. The maximum atomic E-state index is 6.15. The molecule has 1 saturated heterocycles. The summed E-state index contributed by atoms with van der Waals surface area (Å²) in [5, 5.41) is 0. The average Bonchev–Trinajstić information content (AvgIpc) is 2.25. The van der Waals surface area contributed by atoms with Gasteiger partial charge in [0.15, 0.2) is 0 Å². The molecule has 0 N–H and O–H groups in total. The Morgan fingerprint density at radius 3 is 1.62 bits per heavy atom. The molecule has 0 aromatic rings. The predicted octanol–water partition coefficient (Wildman–Crippen LogP) is 3.94. The minimum Gasteiger partial charge on any atom is -0.316 e. The monoisotopic (exact) mass is 247 g/mol. The molecule has 0 aromatic heterocycles. The minimum atomic E-state index is -0.905. The van der Waals surface area contributed by atoms with E-state index in [1.165, 1.54) is 0 Å². The van der Waals surface area contributed by atoms with Crippen LogP contribution in [0.5, 0.6) is 0 Å². The van der Waals surface area contributed by atoms with Crippen molar-refractivity contribution in [1.29, 1.82) is 0 Å². The molecule has 3 nitrogen and oxygen atoms in total. The first-order chi connectivity index (χ1) is 7.29. The lowest BCUT2D eigenvalue weighted by Gasteiger charge is -2.34. The zero-order valence-electron chi connectivity index (χ0n) is 11.5. The molecule has 16 heavy (non-hydrogen) atoms. The lowest BCUT2D eigenvalue weighted by atomic mass is 9.94. The van der Waals surface area contributed by atoms with Crippen LogP contribution >= 0.6 is 8.53 Å². The van der Waals surface area contributed by atoms with Crippen LogP contribution in [0.25, 0.3) is 0 Å². The molecule has 1 aliphatic rings. The molecular formula is C12H26NO2P. The summed E-state index contributed by atoms with van der Waals surface area (Å²) in [6.45, 7) is 14.9. The third-order valence-corrected chi connectivity index (χ3v) is 5.27. The number of hydrogen-bond acceptors (Lipinski definition) is 3. The summed E-state index contributed by atoms with van der Waals surface area (Å²) in [6.07, 6.45) is 2.11. The Kier molecular flexibility index (Phi) is 4.76. The van der Waals surface area contributed by atoms with Gasteiger partial charge in [0.25, 0.3) is 8.53 Å². The van der Waals surface area contributed by atoms with Gasteiger partial charge in [0, 0.05) is 13.1 Å². The van der Waals surface area contributed by atoms with Crippen molar-refractivity contribution < 1.29 is 9.05 Å². The summed E-state index contributed by atoms with van der Waals surface area (Å²) in [7, 11) is -0.905. The van der Waals surface area contributed by atoms with Gasteiger partial charge < -0.3 is 9.05 Å². The maximum Gasteiger partial charge on any atom is 0.259 e. The van der Waals surface area contributed by atoms with Gasteiger partial charge in [0.1, 0.15) is 0 Å². The Hall–Kier alpha value is 0.310. The molecule has 1 rings (SSSR count). The van der Waals surface area contributed by atoms with Crippen LogP contribution in [0, 0.1) is 0 Å². The normalized spacial score (nSPS) is 25.7. The quantitative estimate of drug-likeness (QED) is 0.705. The minimum absolute atomic E-state index is 0.0674. The van der Waals surface area contributed by atoms with E-state index in [0.29, 0.717) is 0 Å². The van der Waals surface area contributed by atoms with Crippen LogP contribution in [-0.4, -0.2) is 29.0 Å². The molecule has 1 heterocycles. The Morgan fingerprint density at radius 2 is 1.31 bits per heavy atom. The van der Waals surface area contributed by atoms with Crippen molar-refractivity contribution in [1.82, 2.24) is 4.67 Å². The molecule has 0 saturated carbocycles. The van der Waals surface area contributed by atoms with E-state index in [1.54, 1.807) is 0 Å². The van der Waals surface area contributed by atoms with Gasteiger partial charge in [0.05, 0.1) is 11.2 Å². The number of hydrogen-bond donors (Lipinski definition) is 0. The summed E-state index contributed by atoms with van der Waals surface area (Å²) in [4.78, 5) is 0. The second-order valence-electron chi connectivity index (χ2n) is 5.58. The molecule has 0 unspecified atom stereocenters. The topological polar surface area (TPSA) is 21.7 Å². The second kappa shape index (κ2) is 5.30. The van der Waals surface area contributed by atoms with Gasteiger partial charge in [0.2, 0.25) is 0 Å². The van der Waals surface area contributed by atoms with E-state index in [-0.39, 0.29) is 11.2 Å². The maximum absolute atomic E-state index is 6.15. The highest BCUT2D eigenvalue weighted by Gasteiger charge is 2.38. The van der Waals surface area contributed by atoms with Crippen molar-refractivity contribution in [2.24, 2.45) is 0 Å². The van der Waals surface area contributed by atoms with Crippen LogP contribution in [0.3, 0.4) is 0 Å². The summed E-state index contributed by atoms with van der Waals surface area (Å²) >= 11 is 0. The van der Waals surface area contributed by atoms with Gasteiger partial charge >= 0.3 is 0 Å². The van der Waals surface area contributed by atoms with Gasteiger partial charge in [-0.1, -0.05) is 13.8 Å². The predicted molar refractivity (Wildman–Crippen MR) is 69.4 cm³/mol. The standard InChI is InChI=1S/C12H26NO2P/c1-7-13(8-2)16-14-11(3,4)9-10-12(5,6)15-16/h7-10H2,1-6H3. The fourth-order valence-corrected chi connectivity index (χ4v) is 3.46. The molecule has 1 fully saturated rings. The fourth-order valence-electron chi connectivity index (χ4n) is 1.70. The van der Waals surface area contributed by atoms with E-state index in [0.717, 1.165) is 25.9 Å². The molecule has 1 aliphatic heterocycles. The highest BCUT2D eigenvalue weighted by molar-refractivity contribution is 7.44. The first kappa shape index (κ1) is 14.4.